The van der Waals surface area contributed by atoms with Gasteiger partial charge < -0.3 is 4.74 Å². The van der Waals surface area contributed by atoms with Gasteiger partial charge in [0.2, 0.25) is 0 Å². The summed E-state index contributed by atoms with van der Waals surface area (Å²) in [7, 11) is 0. The summed E-state index contributed by atoms with van der Waals surface area (Å²) in [4.78, 5) is 0. The zero-order valence-electron chi connectivity index (χ0n) is 14.3. The molecule has 0 aromatic heterocycles. The van der Waals surface area contributed by atoms with Crippen LogP contribution in [0.3, 0.4) is 0 Å². The van der Waals surface area contributed by atoms with E-state index in [1.165, 1.54) is 25.7 Å². The first-order valence-electron chi connectivity index (χ1n) is 7.99. The van der Waals surface area contributed by atoms with E-state index in [0.29, 0.717) is 0 Å². The Bertz CT molecular complexity index is 148. The van der Waals surface area contributed by atoms with Crippen LogP contribution in [0.15, 0.2) is 0 Å². The molecular formula is C16H35F3O. The van der Waals surface area contributed by atoms with E-state index in [2.05, 4.69) is 13.8 Å². The van der Waals surface area contributed by atoms with Crippen molar-refractivity contribution in [2.24, 2.45) is 5.92 Å². The maximum Gasteiger partial charge on any atom is 0.391 e. The molecule has 0 aromatic rings. The SMILES string of the molecule is CCC(CC)C(F)(F)F.CCCCCC.CCOCC. The summed E-state index contributed by atoms with van der Waals surface area (Å²) in [6.45, 7) is 13.2. The predicted molar refractivity (Wildman–Crippen MR) is 82.1 cm³/mol. The minimum atomic E-state index is -3.98. The molecule has 0 atom stereocenters. The van der Waals surface area contributed by atoms with Gasteiger partial charge in [0.1, 0.15) is 0 Å². The Hall–Kier alpha value is -0.250. The van der Waals surface area contributed by atoms with Gasteiger partial charge in [0.05, 0.1) is 5.92 Å². The molecule has 0 aliphatic rings. The highest BCUT2D eigenvalue weighted by molar-refractivity contribution is 4.62. The van der Waals surface area contributed by atoms with Crippen LogP contribution < -0.4 is 0 Å². The fourth-order valence-corrected chi connectivity index (χ4v) is 1.46. The van der Waals surface area contributed by atoms with Crippen LogP contribution in [0.1, 0.15) is 80.1 Å². The minimum Gasteiger partial charge on any atom is -0.382 e. The van der Waals surface area contributed by atoms with E-state index in [9.17, 15) is 13.2 Å². The fourth-order valence-electron chi connectivity index (χ4n) is 1.46. The van der Waals surface area contributed by atoms with Crippen molar-refractivity contribution in [1.29, 1.82) is 0 Å². The molecule has 126 valence electrons. The van der Waals surface area contributed by atoms with E-state index in [1.807, 2.05) is 13.8 Å². The van der Waals surface area contributed by atoms with Crippen molar-refractivity contribution in [1.82, 2.24) is 0 Å². The van der Waals surface area contributed by atoms with Gasteiger partial charge in [-0.05, 0) is 26.7 Å². The van der Waals surface area contributed by atoms with Crippen LogP contribution in [-0.2, 0) is 4.74 Å². The van der Waals surface area contributed by atoms with Crippen LogP contribution in [0.4, 0.5) is 13.2 Å². The number of hydrogen-bond acceptors (Lipinski definition) is 1. The maximum atomic E-state index is 11.7. The molecule has 0 saturated heterocycles. The van der Waals surface area contributed by atoms with Gasteiger partial charge in [-0.1, -0.05) is 53.4 Å². The topological polar surface area (TPSA) is 9.23 Å². The second-order valence-electron chi connectivity index (χ2n) is 4.54. The Labute approximate surface area is 124 Å². The van der Waals surface area contributed by atoms with Crippen molar-refractivity contribution in [2.45, 2.75) is 86.2 Å². The average molecular weight is 300 g/mol. The molecule has 1 nitrogen and oxygen atoms in total. The van der Waals surface area contributed by atoms with E-state index in [-0.39, 0.29) is 12.8 Å². The normalized spacial score (nSPS) is 10.5. The van der Waals surface area contributed by atoms with Gasteiger partial charge >= 0.3 is 6.18 Å². The number of rotatable bonds is 7. The van der Waals surface area contributed by atoms with Gasteiger partial charge in [-0.3, -0.25) is 0 Å². The van der Waals surface area contributed by atoms with Crippen LogP contribution in [-0.4, -0.2) is 19.4 Å². The van der Waals surface area contributed by atoms with Crippen LogP contribution in [0.25, 0.3) is 0 Å². The Morgan fingerprint density at radius 1 is 0.750 bits per heavy atom. The summed E-state index contributed by atoms with van der Waals surface area (Å²) >= 11 is 0. The van der Waals surface area contributed by atoms with Gasteiger partial charge in [0, 0.05) is 13.2 Å². The second kappa shape index (κ2) is 18.8. The predicted octanol–water partition coefficient (Wildman–Crippen LogP) is 6.61. The van der Waals surface area contributed by atoms with Crippen molar-refractivity contribution in [3.05, 3.63) is 0 Å². The third-order valence-corrected chi connectivity index (χ3v) is 2.81. The van der Waals surface area contributed by atoms with Gasteiger partial charge in [-0.25, -0.2) is 0 Å². The number of alkyl halides is 3. The summed E-state index contributed by atoms with van der Waals surface area (Å²) in [5.41, 5.74) is 0. The van der Waals surface area contributed by atoms with Gasteiger partial charge in [0.25, 0.3) is 0 Å². The third-order valence-electron chi connectivity index (χ3n) is 2.81. The summed E-state index contributed by atoms with van der Waals surface area (Å²) < 4.78 is 40.0. The largest absolute Gasteiger partial charge is 0.391 e. The first-order valence-corrected chi connectivity index (χ1v) is 7.99. The molecule has 20 heavy (non-hydrogen) atoms. The quantitative estimate of drug-likeness (QED) is 0.480. The van der Waals surface area contributed by atoms with Gasteiger partial charge in [-0.15, -0.1) is 0 Å². The lowest BCUT2D eigenvalue weighted by atomic mass is 10.0. The van der Waals surface area contributed by atoms with E-state index < -0.39 is 12.1 Å². The highest BCUT2D eigenvalue weighted by Gasteiger charge is 2.36. The lowest BCUT2D eigenvalue weighted by Crippen LogP contribution is -2.20. The van der Waals surface area contributed by atoms with Crippen LogP contribution >= 0.6 is 0 Å². The van der Waals surface area contributed by atoms with Crippen molar-refractivity contribution in [3.63, 3.8) is 0 Å². The average Bonchev–Trinajstić information content (AvgIpc) is 2.38. The van der Waals surface area contributed by atoms with Crippen LogP contribution in [0, 0.1) is 5.92 Å². The zero-order chi connectivity index (χ0) is 16.4. The monoisotopic (exact) mass is 300 g/mol. The summed E-state index contributed by atoms with van der Waals surface area (Å²) in [5, 5.41) is 0. The van der Waals surface area contributed by atoms with Crippen LogP contribution in [0.2, 0.25) is 0 Å². The Morgan fingerprint density at radius 3 is 1.15 bits per heavy atom. The zero-order valence-corrected chi connectivity index (χ0v) is 14.3. The fraction of sp³-hybridized carbons (Fsp3) is 1.00. The molecule has 0 fully saturated rings. The molecular weight excluding hydrogens is 265 g/mol. The van der Waals surface area contributed by atoms with E-state index in [1.54, 1.807) is 13.8 Å². The third kappa shape index (κ3) is 22.9. The lowest BCUT2D eigenvalue weighted by Gasteiger charge is -2.15. The first-order chi connectivity index (χ1) is 9.35. The Kier molecular flexibility index (Phi) is 23.2. The van der Waals surface area contributed by atoms with Crippen molar-refractivity contribution < 1.29 is 17.9 Å². The molecule has 4 heteroatoms. The van der Waals surface area contributed by atoms with E-state index in [0.717, 1.165) is 13.2 Å². The smallest absolute Gasteiger partial charge is 0.382 e. The standard InChI is InChI=1S/C6H11F3.C6H14.C4H10O/c1-3-5(4-2)6(7,8)9;1-3-5-6-4-2;1-3-5-4-2/h5H,3-4H2,1-2H3;3-6H2,1-2H3;3-4H2,1-2H3. The summed E-state index contributed by atoms with van der Waals surface area (Å²) in [6, 6.07) is 0. The van der Waals surface area contributed by atoms with E-state index in [4.69, 9.17) is 4.74 Å². The van der Waals surface area contributed by atoms with Crippen LogP contribution in [0.5, 0.6) is 0 Å². The molecule has 0 heterocycles. The number of ether oxygens (including phenoxy) is 1. The molecule has 0 amide bonds. The van der Waals surface area contributed by atoms with Gasteiger partial charge in [-0.2, -0.15) is 13.2 Å². The summed E-state index contributed by atoms with van der Waals surface area (Å²) in [5.74, 6) is -1.10. The molecule has 0 aliphatic heterocycles. The molecule has 0 rings (SSSR count). The molecule has 0 bridgehead atoms. The summed E-state index contributed by atoms with van der Waals surface area (Å²) in [6.07, 6.45) is 1.94. The molecule has 0 saturated carbocycles. The minimum absolute atomic E-state index is 0.194. The number of hydrogen-bond donors (Lipinski definition) is 0. The molecule has 0 aliphatic carbocycles. The first kappa shape index (κ1) is 24.7. The van der Waals surface area contributed by atoms with Gasteiger partial charge in [0.15, 0.2) is 0 Å². The molecule has 0 radical (unpaired) electrons. The highest BCUT2D eigenvalue weighted by atomic mass is 19.4. The molecule has 0 N–H and O–H groups in total. The second-order valence-corrected chi connectivity index (χ2v) is 4.54. The lowest BCUT2D eigenvalue weighted by molar-refractivity contribution is -0.175. The molecule has 0 unspecified atom stereocenters. The van der Waals surface area contributed by atoms with E-state index >= 15 is 0 Å². The molecule has 0 aromatic carbocycles. The number of unbranched alkanes of at least 4 members (excludes halogenated alkanes) is 3. The van der Waals surface area contributed by atoms with Crippen molar-refractivity contribution in [2.75, 3.05) is 13.2 Å². The number of halogens is 3. The molecule has 0 spiro atoms. The Morgan fingerprint density at radius 2 is 1.10 bits per heavy atom. The maximum absolute atomic E-state index is 11.7. The van der Waals surface area contributed by atoms with Crippen molar-refractivity contribution in [3.8, 4) is 0 Å². The highest BCUT2D eigenvalue weighted by Crippen LogP contribution is 2.30. The van der Waals surface area contributed by atoms with Crippen molar-refractivity contribution >= 4 is 0 Å². The Balaban J connectivity index is -0.000000230.